The van der Waals surface area contributed by atoms with Crippen molar-refractivity contribution < 1.29 is 15.0 Å². The maximum Gasteiger partial charge on any atom is 0.300 e. The molecule has 0 spiro atoms. The molecule has 0 heterocycles. The van der Waals surface area contributed by atoms with Gasteiger partial charge >= 0.3 is 0 Å². The summed E-state index contributed by atoms with van der Waals surface area (Å²) in [6.07, 6.45) is 0. The first-order valence-corrected chi connectivity index (χ1v) is 4.31. The molecular weight excluding hydrogens is 180 g/mol. The number of carboxylic acid groups (broad SMARTS) is 1. The minimum atomic E-state index is -0.833. The Morgan fingerprint density at radius 1 is 1.14 bits per heavy atom. The van der Waals surface area contributed by atoms with E-state index in [0.29, 0.717) is 5.75 Å². The summed E-state index contributed by atoms with van der Waals surface area (Å²) in [7, 11) is 0. The number of aryl methyl sites for hydroxylation is 1. The zero-order valence-corrected chi connectivity index (χ0v) is 8.96. The summed E-state index contributed by atoms with van der Waals surface area (Å²) in [6, 6.07) is 3.66. The summed E-state index contributed by atoms with van der Waals surface area (Å²) in [4.78, 5) is 9.00. The lowest BCUT2D eigenvalue weighted by Gasteiger charge is -2.04. The summed E-state index contributed by atoms with van der Waals surface area (Å²) >= 11 is 0. The Bertz CT molecular complexity index is 299. The number of aromatic hydroxyl groups is 1. The zero-order chi connectivity index (χ0) is 11.3. The Morgan fingerprint density at radius 3 is 1.93 bits per heavy atom. The van der Waals surface area contributed by atoms with Gasteiger partial charge in [-0.1, -0.05) is 6.07 Å². The Balaban J connectivity index is 0.000000364. The second-order valence-electron chi connectivity index (χ2n) is 3.17. The highest BCUT2D eigenvalue weighted by atomic mass is 16.4. The molecule has 1 aromatic rings. The highest BCUT2D eigenvalue weighted by Gasteiger charge is 1.99. The Kier molecular flexibility index (Phi) is 4.70. The second-order valence-corrected chi connectivity index (χ2v) is 3.17. The molecule has 0 atom stereocenters. The fraction of sp³-hybridized carbons (Fsp3) is 0.364. The van der Waals surface area contributed by atoms with E-state index in [1.165, 1.54) is 11.1 Å². The van der Waals surface area contributed by atoms with E-state index < -0.39 is 5.97 Å². The summed E-state index contributed by atoms with van der Waals surface area (Å²) in [5.41, 5.74) is 3.40. The minimum Gasteiger partial charge on any atom is -0.508 e. The summed E-state index contributed by atoms with van der Waals surface area (Å²) in [5, 5.41) is 16.6. The van der Waals surface area contributed by atoms with Gasteiger partial charge in [-0.2, -0.15) is 0 Å². The second kappa shape index (κ2) is 5.27. The van der Waals surface area contributed by atoms with Crippen LogP contribution in [0.3, 0.4) is 0 Å². The van der Waals surface area contributed by atoms with E-state index in [-0.39, 0.29) is 0 Å². The van der Waals surface area contributed by atoms with Gasteiger partial charge in [0.15, 0.2) is 0 Å². The van der Waals surface area contributed by atoms with Crippen LogP contribution in [0.25, 0.3) is 0 Å². The first-order chi connectivity index (χ1) is 6.36. The first-order valence-electron chi connectivity index (χ1n) is 4.31. The quantitative estimate of drug-likeness (QED) is 0.670. The third kappa shape index (κ3) is 3.94. The molecule has 0 unspecified atom stereocenters. The Labute approximate surface area is 84.0 Å². The van der Waals surface area contributed by atoms with Gasteiger partial charge in [0.1, 0.15) is 5.75 Å². The Hall–Kier alpha value is -1.51. The van der Waals surface area contributed by atoms with E-state index in [4.69, 9.17) is 9.90 Å². The van der Waals surface area contributed by atoms with Crippen molar-refractivity contribution in [1.82, 2.24) is 0 Å². The maximum atomic E-state index is 9.22. The summed E-state index contributed by atoms with van der Waals surface area (Å²) in [5.74, 6) is -0.442. The molecule has 0 amide bonds. The normalized spacial score (nSPS) is 8.86. The van der Waals surface area contributed by atoms with Crippen molar-refractivity contribution in [1.29, 1.82) is 0 Å². The summed E-state index contributed by atoms with van der Waals surface area (Å²) < 4.78 is 0. The van der Waals surface area contributed by atoms with Crippen LogP contribution in [-0.4, -0.2) is 16.2 Å². The molecule has 0 fully saturated rings. The average molecular weight is 196 g/mol. The molecule has 0 aromatic heterocycles. The minimum absolute atomic E-state index is 0.392. The highest BCUT2D eigenvalue weighted by Crippen LogP contribution is 2.21. The van der Waals surface area contributed by atoms with Crippen LogP contribution in [0.5, 0.6) is 5.75 Å². The molecule has 0 aliphatic heterocycles. The van der Waals surface area contributed by atoms with Gasteiger partial charge in [-0.25, -0.2) is 0 Å². The van der Waals surface area contributed by atoms with Crippen molar-refractivity contribution in [2.45, 2.75) is 27.7 Å². The van der Waals surface area contributed by atoms with Gasteiger partial charge in [0, 0.05) is 6.92 Å². The molecular formula is C11H16O3. The number of carbonyl (C=O) groups is 1. The molecule has 14 heavy (non-hydrogen) atoms. The van der Waals surface area contributed by atoms with Crippen LogP contribution in [0, 0.1) is 20.8 Å². The van der Waals surface area contributed by atoms with Crippen molar-refractivity contribution in [3.8, 4) is 5.75 Å². The van der Waals surface area contributed by atoms with Crippen LogP contribution in [0.4, 0.5) is 0 Å². The average Bonchev–Trinajstić information content (AvgIpc) is 2.07. The molecule has 3 heteroatoms. The van der Waals surface area contributed by atoms with Gasteiger partial charge in [0.2, 0.25) is 0 Å². The summed E-state index contributed by atoms with van der Waals surface area (Å²) in [6.45, 7) is 7.07. The number of benzene rings is 1. The maximum absolute atomic E-state index is 9.22. The van der Waals surface area contributed by atoms with Crippen molar-refractivity contribution in [2.24, 2.45) is 0 Å². The molecule has 1 aromatic carbocycles. The van der Waals surface area contributed by atoms with E-state index in [9.17, 15) is 5.11 Å². The first kappa shape index (κ1) is 12.5. The SMILES string of the molecule is CC(=O)O.Cc1ccc(O)c(C)c1C. The number of carboxylic acids is 1. The number of aliphatic carboxylic acids is 1. The van der Waals surface area contributed by atoms with Gasteiger partial charge in [0.05, 0.1) is 0 Å². The van der Waals surface area contributed by atoms with E-state index in [1.807, 2.05) is 26.8 Å². The number of hydrogen-bond donors (Lipinski definition) is 2. The predicted octanol–water partition coefficient (Wildman–Crippen LogP) is 2.41. The molecule has 0 saturated heterocycles. The lowest BCUT2D eigenvalue weighted by atomic mass is 10.0. The van der Waals surface area contributed by atoms with Gasteiger partial charge in [-0.15, -0.1) is 0 Å². The molecule has 0 saturated carbocycles. The van der Waals surface area contributed by atoms with Crippen LogP contribution in [0.1, 0.15) is 23.6 Å². The van der Waals surface area contributed by atoms with Crippen molar-refractivity contribution in [3.05, 3.63) is 28.8 Å². The molecule has 78 valence electrons. The largest absolute Gasteiger partial charge is 0.508 e. The smallest absolute Gasteiger partial charge is 0.300 e. The molecule has 0 aliphatic rings. The van der Waals surface area contributed by atoms with E-state index in [2.05, 4.69) is 0 Å². The van der Waals surface area contributed by atoms with Gasteiger partial charge in [-0.05, 0) is 43.5 Å². The van der Waals surface area contributed by atoms with E-state index in [1.54, 1.807) is 6.07 Å². The fourth-order valence-corrected chi connectivity index (χ4v) is 0.942. The van der Waals surface area contributed by atoms with Gasteiger partial charge in [-0.3, -0.25) is 4.79 Å². The molecule has 0 aliphatic carbocycles. The third-order valence-electron chi connectivity index (χ3n) is 2.03. The highest BCUT2D eigenvalue weighted by molar-refractivity contribution is 5.62. The zero-order valence-electron chi connectivity index (χ0n) is 8.96. The van der Waals surface area contributed by atoms with Crippen LogP contribution in [-0.2, 0) is 4.79 Å². The monoisotopic (exact) mass is 196 g/mol. The Morgan fingerprint density at radius 2 is 1.57 bits per heavy atom. The van der Waals surface area contributed by atoms with Gasteiger partial charge < -0.3 is 10.2 Å². The van der Waals surface area contributed by atoms with Crippen LogP contribution in [0.2, 0.25) is 0 Å². The number of phenolic OH excluding ortho intramolecular Hbond substituents is 1. The van der Waals surface area contributed by atoms with Crippen LogP contribution < -0.4 is 0 Å². The molecule has 3 nitrogen and oxygen atoms in total. The lowest BCUT2D eigenvalue weighted by molar-refractivity contribution is -0.134. The van der Waals surface area contributed by atoms with Crippen molar-refractivity contribution in [3.63, 3.8) is 0 Å². The molecule has 1 rings (SSSR count). The third-order valence-corrected chi connectivity index (χ3v) is 2.03. The number of rotatable bonds is 0. The van der Waals surface area contributed by atoms with Crippen molar-refractivity contribution >= 4 is 5.97 Å². The van der Waals surface area contributed by atoms with E-state index in [0.717, 1.165) is 12.5 Å². The molecule has 0 radical (unpaired) electrons. The lowest BCUT2D eigenvalue weighted by Crippen LogP contribution is -1.85. The van der Waals surface area contributed by atoms with Crippen LogP contribution >= 0.6 is 0 Å². The topological polar surface area (TPSA) is 57.5 Å². The van der Waals surface area contributed by atoms with E-state index >= 15 is 0 Å². The number of phenols is 1. The predicted molar refractivity (Wildman–Crippen MR) is 55.6 cm³/mol. The number of hydrogen-bond acceptors (Lipinski definition) is 2. The van der Waals surface area contributed by atoms with Gasteiger partial charge in [0.25, 0.3) is 5.97 Å². The fourth-order valence-electron chi connectivity index (χ4n) is 0.942. The standard InChI is InChI=1S/C9H12O.C2H4O2/c1-6-4-5-9(10)8(3)7(6)2;1-2(3)4/h4-5,10H,1-3H3;1H3,(H,3,4). The van der Waals surface area contributed by atoms with Crippen molar-refractivity contribution in [2.75, 3.05) is 0 Å². The molecule has 2 N–H and O–H groups in total. The molecule has 0 bridgehead atoms. The van der Waals surface area contributed by atoms with Crippen LogP contribution in [0.15, 0.2) is 12.1 Å².